The molecule has 1 nitrogen and oxygen atoms in total. The average molecular weight is 239 g/mol. The molecule has 1 atom stereocenters. The molecule has 1 heterocycles. The molecule has 0 radical (unpaired) electrons. The van der Waals surface area contributed by atoms with Gasteiger partial charge in [0, 0.05) is 17.7 Å². The maximum absolute atomic E-state index is 13.8. The van der Waals surface area contributed by atoms with Crippen LogP contribution >= 0.6 is 0 Å². The zero-order valence-corrected chi connectivity index (χ0v) is 10.4. The van der Waals surface area contributed by atoms with Crippen LogP contribution < -0.4 is 5.32 Å². The average Bonchev–Trinajstić information content (AvgIpc) is 2.29. The van der Waals surface area contributed by atoms with Crippen molar-refractivity contribution in [1.29, 1.82) is 0 Å². The summed E-state index contributed by atoms with van der Waals surface area (Å²) in [5.41, 5.74) is 1.23. The molecule has 1 fully saturated rings. The number of rotatable bonds is 2. The van der Waals surface area contributed by atoms with Crippen molar-refractivity contribution in [2.24, 2.45) is 0 Å². The lowest BCUT2D eigenvalue weighted by molar-refractivity contribution is 0.397. The summed E-state index contributed by atoms with van der Waals surface area (Å²) in [5.74, 6) is -0.777. The van der Waals surface area contributed by atoms with Crippen LogP contribution in [0.3, 0.4) is 0 Å². The summed E-state index contributed by atoms with van der Waals surface area (Å²) in [6.07, 6.45) is 3.17. The van der Waals surface area contributed by atoms with Crippen LogP contribution in [-0.4, -0.2) is 6.54 Å². The van der Waals surface area contributed by atoms with Gasteiger partial charge in [0.2, 0.25) is 0 Å². The maximum atomic E-state index is 13.8. The van der Waals surface area contributed by atoms with Gasteiger partial charge < -0.3 is 5.32 Å². The first-order chi connectivity index (χ1) is 8.09. The Kier molecular flexibility index (Phi) is 3.77. The van der Waals surface area contributed by atoms with E-state index in [0.717, 1.165) is 31.9 Å². The van der Waals surface area contributed by atoms with Crippen molar-refractivity contribution < 1.29 is 8.78 Å². The molecular weight excluding hydrogens is 220 g/mol. The molecule has 1 aromatic carbocycles. The summed E-state index contributed by atoms with van der Waals surface area (Å²) in [7, 11) is 0. The third kappa shape index (κ3) is 2.65. The van der Waals surface area contributed by atoms with E-state index in [1.165, 1.54) is 0 Å². The van der Waals surface area contributed by atoms with Gasteiger partial charge in [0.15, 0.2) is 0 Å². The van der Waals surface area contributed by atoms with Gasteiger partial charge in [0.05, 0.1) is 0 Å². The van der Waals surface area contributed by atoms with Crippen LogP contribution in [0, 0.1) is 11.6 Å². The van der Waals surface area contributed by atoms with Gasteiger partial charge in [0.1, 0.15) is 11.6 Å². The van der Waals surface area contributed by atoms with Crippen LogP contribution in [-0.2, 0) is 0 Å². The molecule has 1 N–H and O–H groups in total. The summed E-state index contributed by atoms with van der Waals surface area (Å²) in [6.45, 7) is 4.77. The molecular formula is C14H19F2N. The molecule has 1 unspecified atom stereocenters. The van der Waals surface area contributed by atoms with Gasteiger partial charge in [0.25, 0.3) is 0 Å². The molecule has 0 saturated carbocycles. The SMILES string of the molecule is CC(C)c1cc(C2CCCCN2)c(F)cc1F. The molecule has 1 aromatic rings. The number of piperidine rings is 1. The third-order valence-electron chi connectivity index (χ3n) is 3.42. The highest BCUT2D eigenvalue weighted by Crippen LogP contribution is 2.29. The molecule has 0 amide bonds. The van der Waals surface area contributed by atoms with E-state index < -0.39 is 11.6 Å². The van der Waals surface area contributed by atoms with Crippen LogP contribution in [0.25, 0.3) is 0 Å². The topological polar surface area (TPSA) is 12.0 Å². The van der Waals surface area contributed by atoms with Crippen molar-refractivity contribution in [2.75, 3.05) is 6.54 Å². The van der Waals surface area contributed by atoms with Crippen molar-refractivity contribution in [3.05, 3.63) is 34.9 Å². The van der Waals surface area contributed by atoms with Crippen molar-refractivity contribution in [3.8, 4) is 0 Å². The van der Waals surface area contributed by atoms with E-state index in [2.05, 4.69) is 5.32 Å². The Balaban J connectivity index is 2.35. The van der Waals surface area contributed by atoms with E-state index in [0.29, 0.717) is 11.1 Å². The Hall–Kier alpha value is -0.960. The molecule has 1 saturated heterocycles. The highest BCUT2D eigenvalue weighted by Gasteiger charge is 2.21. The van der Waals surface area contributed by atoms with E-state index in [-0.39, 0.29) is 12.0 Å². The number of hydrogen-bond donors (Lipinski definition) is 1. The predicted octanol–water partition coefficient (Wildman–Crippen LogP) is 3.90. The fraction of sp³-hybridized carbons (Fsp3) is 0.571. The van der Waals surface area contributed by atoms with Crippen molar-refractivity contribution in [3.63, 3.8) is 0 Å². The van der Waals surface area contributed by atoms with Crippen molar-refractivity contribution in [1.82, 2.24) is 5.32 Å². The van der Waals surface area contributed by atoms with Crippen molar-refractivity contribution >= 4 is 0 Å². The normalized spacial score (nSPS) is 20.9. The first kappa shape index (κ1) is 12.5. The number of benzene rings is 1. The largest absolute Gasteiger partial charge is 0.310 e. The Bertz CT molecular complexity index is 395. The molecule has 1 aliphatic heterocycles. The molecule has 1 aliphatic rings. The van der Waals surface area contributed by atoms with E-state index in [1.54, 1.807) is 6.07 Å². The Morgan fingerprint density at radius 2 is 1.94 bits per heavy atom. The highest BCUT2D eigenvalue weighted by atomic mass is 19.1. The van der Waals surface area contributed by atoms with Crippen LogP contribution in [0.5, 0.6) is 0 Å². The molecule has 0 bridgehead atoms. The van der Waals surface area contributed by atoms with Crippen LogP contribution in [0.1, 0.15) is 56.2 Å². The molecule has 0 spiro atoms. The van der Waals surface area contributed by atoms with Crippen LogP contribution in [0.2, 0.25) is 0 Å². The first-order valence-corrected chi connectivity index (χ1v) is 6.32. The van der Waals surface area contributed by atoms with E-state index >= 15 is 0 Å². The summed E-state index contributed by atoms with van der Waals surface area (Å²) < 4.78 is 27.4. The Morgan fingerprint density at radius 1 is 1.18 bits per heavy atom. The number of halogens is 2. The maximum Gasteiger partial charge on any atom is 0.130 e. The lowest BCUT2D eigenvalue weighted by Crippen LogP contribution is -2.27. The van der Waals surface area contributed by atoms with Gasteiger partial charge in [-0.2, -0.15) is 0 Å². The summed E-state index contributed by atoms with van der Waals surface area (Å²) in [6, 6.07) is 2.76. The van der Waals surface area contributed by atoms with Gasteiger partial charge in [-0.05, 0) is 36.9 Å². The molecule has 3 heteroatoms. The zero-order valence-electron chi connectivity index (χ0n) is 10.4. The van der Waals surface area contributed by atoms with E-state index in [4.69, 9.17) is 0 Å². The summed E-state index contributed by atoms with van der Waals surface area (Å²) in [5, 5.41) is 3.30. The summed E-state index contributed by atoms with van der Waals surface area (Å²) in [4.78, 5) is 0. The minimum atomic E-state index is -0.433. The lowest BCUT2D eigenvalue weighted by Gasteiger charge is -2.25. The molecule has 2 rings (SSSR count). The standard InChI is InChI=1S/C14H19F2N/c1-9(2)10-7-11(13(16)8-12(10)15)14-5-3-4-6-17-14/h7-9,14,17H,3-6H2,1-2H3. The fourth-order valence-electron chi connectivity index (χ4n) is 2.41. The second kappa shape index (κ2) is 5.13. The fourth-order valence-corrected chi connectivity index (χ4v) is 2.41. The zero-order chi connectivity index (χ0) is 12.4. The quantitative estimate of drug-likeness (QED) is 0.825. The van der Waals surface area contributed by atoms with Gasteiger partial charge in [-0.3, -0.25) is 0 Å². The smallest absolute Gasteiger partial charge is 0.130 e. The van der Waals surface area contributed by atoms with Gasteiger partial charge >= 0.3 is 0 Å². The van der Waals surface area contributed by atoms with Crippen LogP contribution in [0.15, 0.2) is 12.1 Å². The third-order valence-corrected chi connectivity index (χ3v) is 3.42. The molecule has 17 heavy (non-hydrogen) atoms. The number of hydrogen-bond acceptors (Lipinski definition) is 1. The van der Waals surface area contributed by atoms with Gasteiger partial charge in [-0.25, -0.2) is 8.78 Å². The lowest BCUT2D eigenvalue weighted by atomic mass is 9.92. The minimum absolute atomic E-state index is 0.0434. The predicted molar refractivity (Wildman–Crippen MR) is 65.0 cm³/mol. The van der Waals surface area contributed by atoms with Crippen LogP contribution in [0.4, 0.5) is 8.78 Å². The highest BCUT2D eigenvalue weighted by molar-refractivity contribution is 5.31. The monoisotopic (exact) mass is 239 g/mol. The van der Waals surface area contributed by atoms with Gasteiger partial charge in [-0.1, -0.05) is 20.3 Å². The van der Waals surface area contributed by atoms with E-state index in [1.807, 2.05) is 13.8 Å². The second-order valence-corrected chi connectivity index (χ2v) is 5.05. The molecule has 0 aromatic heterocycles. The summed E-state index contributed by atoms with van der Waals surface area (Å²) >= 11 is 0. The van der Waals surface area contributed by atoms with Crippen molar-refractivity contribution in [2.45, 2.75) is 45.1 Å². The molecule has 0 aliphatic carbocycles. The van der Waals surface area contributed by atoms with E-state index in [9.17, 15) is 8.78 Å². The minimum Gasteiger partial charge on any atom is -0.310 e. The first-order valence-electron chi connectivity index (χ1n) is 6.32. The molecule has 94 valence electrons. The number of nitrogens with one attached hydrogen (secondary N) is 1. The Labute approximate surface area is 101 Å². The Morgan fingerprint density at radius 3 is 2.53 bits per heavy atom. The second-order valence-electron chi connectivity index (χ2n) is 5.05. The van der Waals surface area contributed by atoms with Gasteiger partial charge in [-0.15, -0.1) is 0 Å².